The second-order valence-corrected chi connectivity index (χ2v) is 8.66. The highest BCUT2D eigenvalue weighted by molar-refractivity contribution is 9.10. The summed E-state index contributed by atoms with van der Waals surface area (Å²) < 4.78 is 47.4. The zero-order valence-corrected chi connectivity index (χ0v) is 18.1. The summed E-state index contributed by atoms with van der Waals surface area (Å²) in [4.78, 5) is 27.0. The molecule has 2 heterocycles. The third-order valence-electron chi connectivity index (χ3n) is 4.18. The fraction of sp³-hybridized carbons (Fsp3) is 0.300. The normalized spacial score (nSPS) is 15.2. The van der Waals surface area contributed by atoms with Crippen LogP contribution in [0.15, 0.2) is 22.7 Å². The van der Waals surface area contributed by atoms with Gasteiger partial charge in [-0.05, 0) is 52.0 Å². The second-order valence-electron chi connectivity index (χ2n) is 7.74. The smallest absolute Gasteiger partial charge is 0.420 e. The standard InChI is InChI=1S/C20H19BrF3N3O3/c1-9-16(27-18(29)30-19(2,3)4)15(20(22,23)24)14(25-9)8-12-11-7-10(21)5-6-13(11)26-17(12)28/h5-8,25H,1-4H3,(H,26,28)(H,27,29)/b12-8-. The number of nitrogens with one attached hydrogen (secondary N) is 3. The van der Waals surface area contributed by atoms with Crippen molar-refractivity contribution in [3.8, 4) is 0 Å². The predicted molar refractivity (Wildman–Crippen MR) is 111 cm³/mol. The van der Waals surface area contributed by atoms with Gasteiger partial charge in [0.1, 0.15) is 11.2 Å². The molecule has 2 amide bonds. The van der Waals surface area contributed by atoms with Gasteiger partial charge in [0.15, 0.2) is 0 Å². The van der Waals surface area contributed by atoms with Crippen molar-refractivity contribution < 1.29 is 27.5 Å². The number of aryl methyl sites for hydroxylation is 1. The Hall–Kier alpha value is -2.75. The molecule has 1 aromatic carbocycles. The van der Waals surface area contributed by atoms with Crippen LogP contribution in [0.5, 0.6) is 0 Å². The average Bonchev–Trinajstić information content (AvgIpc) is 3.03. The van der Waals surface area contributed by atoms with Crippen LogP contribution in [0.2, 0.25) is 0 Å². The van der Waals surface area contributed by atoms with Crippen LogP contribution in [-0.2, 0) is 15.7 Å². The summed E-state index contributed by atoms with van der Waals surface area (Å²) in [5, 5.41) is 4.80. The molecule has 0 bridgehead atoms. The van der Waals surface area contributed by atoms with E-state index < -0.39 is 35.0 Å². The topological polar surface area (TPSA) is 83.2 Å². The molecule has 30 heavy (non-hydrogen) atoms. The maximum Gasteiger partial charge on any atom is 0.420 e. The average molecular weight is 486 g/mol. The first kappa shape index (κ1) is 21.9. The number of benzene rings is 1. The quantitative estimate of drug-likeness (QED) is 0.460. The number of anilines is 2. The molecule has 0 aliphatic carbocycles. The van der Waals surface area contributed by atoms with Crippen molar-refractivity contribution in [2.75, 3.05) is 10.6 Å². The molecule has 0 atom stereocenters. The van der Waals surface area contributed by atoms with Gasteiger partial charge >= 0.3 is 12.3 Å². The Morgan fingerprint density at radius 1 is 1.23 bits per heavy atom. The first-order valence-electron chi connectivity index (χ1n) is 8.89. The summed E-state index contributed by atoms with van der Waals surface area (Å²) in [6, 6.07) is 5.01. The molecule has 0 fully saturated rings. The van der Waals surface area contributed by atoms with Crippen LogP contribution >= 0.6 is 15.9 Å². The molecule has 3 rings (SSSR count). The summed E-state index contributed by atoms with van der Waals surface area (Å²) in [6.07, 6.45) is -4.68. The Morgan fingerprint density at radius 2 is 1.90 bits per heavy atom. The van der Waals surface area contributed by atoms with E-state index in [4.69, 9.17) is 4.74 Å². The van der Waals surface area contributed by atoms with E-state index in [0.717, 1.165) is 6.08 Å². The fourth-order valence-electron chi connectivity index (χ4n) is 3.06. The Kier molecular flexibility index (Phi) is 5.48. The van der Waals surface area contributed by atoms with Gasteiger partial charge in [0, 0.05) is 21.4 Å². The van der Waals surface area contributed by atoms with Crippen molar-refractivity contribution in [1.82, 2.24) is 4.98 Å². The number of rotatable bonds is 2. The van der Waals surface area contributed by atoms with Gasteiger partial charge in [-0.15, -0.1) is 0 Å². The number of carbonyl (C=O) groups is 2. The third kappa shape index (κ3) is 4.53. The second kappa shape index (κ2) is 7.50. The van der Waals surface area contributed by atoms with Crippen molar-refractivity contribution in [3.05, 3.63) is 45.2 Å². The lowest BCUT2D eigenvalue weighted by molar-refractivity contribution is -0.137. The summed E-state index contributed by atoms with van der Waals surface area (Å²) in [7, 11) is 0. The maximum atomic E-state index is 13.9. The number of aromatic nitrogens is 1. The van der Waals surface area contributed by atoms with E-state index in [1.165, 1.54) is 6.92 Å². The van der Waals surface area contributed by atoms with Crippen molar-refractivity contribution in [2.45, 2.75) is 39.5 Å². The van der Waals surface area contributed by atoms with Gasteiger partial charge in [0.25, 0.3) is 5.91 Å². The molecular weight excluding hydrogens is 467 g/mol. The van der Waals surface area contributed by atoms with Gasteiger partial charge in [-0.3, -0.25) is 10.1 Å². The van der Waals surface area contributed by atoms with Gasteiger partial charge in [-0.25, -0.2) is 4.79 Å². The van der Waals surface area contributed by atoms with Crippen LogP contribution in [0, 0.1) is 6.92 Å². The van der Waals surface area contributed by atoms with Crippen molar-refractivity contribution in [3.63, 3.8) is 0 Å². The highest BCUT2D eigenvalue weighted by atomic mass is 79.9. The minimum atomic E-state index is -4.79. The first-order chi connectivity index (χ1) is 13.8. The predicted octanol–water partition coefficient (Wildman–Crippen LogP) is 5.94. The fourth-order valence-corrected chi connectivity index (χ4v) is 3.42. The highest BCUT2D eigenvalue weighted by Gasteiger charge is 2.40. The molecule has 1 aliphatic rings. The summed E-state index contributed by atoms with van der Waals surface area (Å²) >= 11 is 3.30. The Bertz CT molecular complexity index is 1070. The number of ether oxygens (including phenoxy) is 1. The minimum Gasteiger partial charge on any atom is -0.444 e. The first-order valence-corrected chi connectivity index (χ1v) is 9.68. The molecule has 3 N–H and O–H groups in total. The SMILES string of the molecule is Cc1[nH]c(/C=C2\C(=O)Nc3ccc(Br)cc32)c(C(F)(F)F)c1NC(=O)OC(C)(C)C. The maximum absolute atomic E-state index is 13.9. The lowest BCUT2D eigenvalue weighted by Gasteiger charge is -2.20. The number of aromatic amines is 1. The minimum absolute atomic E-state index is 0.0712. The van der Waals surface area contributed by atoms with Crippen molar-refractivity contribution >= 4 is 51.0 Å². The number of H-pyrrole nitrogens is 1. The molecule has 1 aromatic heterocycles. The molecule has 6 nitrogen and oxygen atoms in total. The molecule has 0 unspecified atom stereocenters. The number of halogens is 4. The molecule has 160 valence electrons. The lowest BCUT2D eigenvalue weighted by Crippen LogP contribution is -2.28. The number of hydrogen-bond donors (Lipinski definition) is 3. The monoisotopic (exact) mass is 485 g/mol. The van der Waals surface area contributed by atoms with Gasteiger partial charge in [0.2, 0.25) is 0 Å². The van der Waals surface area contributed by atoms with E-state index in [1.54, 1.807) is 39.0 Å². The van der Waals surface area contributed by atoms with E-state index in [9.17, 15) is 22.8 Å². The van der Waals surface area contributed by atoms with Crippen molar-refractivity contribution in [2.24, 2.45) is 0 Å². The molecule has 2 aromatic rings. The zero-order chi connectivity index (χ0) is 22.4. The van der Waals surface area contributed by atoms with Crippen LogP contribution in [-0.4, -0.2) is 22.6 Å². The van der Waals surface area contributed by atoms with Crippen LogP contribution in [0.3, 0.4) is 0 Å². The Morgan fingerprint density at radius 3 is 2.50 bits per heavy atom. The number of fused-ring (bicyclic) bond motifs is 1. The Balaban J connectivity index is 2.09. The van der Waals surface area contributed by atoms with E-state index in [1.807, 2.05) is 0 Å². The van der Waals surface area contributed by atoms with E-state index in [2.05, 4.69) is 31.5 Å². The van der Waals surface area contributed by atoms with E-state index in [-0.39, 0.29) is 17.0 Å². The van der Waals surface area contributed by atoms with Gasteiger partial charge < -0.3 is 15.0 Å². The molecule has 0 saturated carbocycles. The highest BCUT2D eigenvalue weighted by Crippen LogP contribution is 2.42. The van der Waals surface area contributed by atoms with Gasteiger partial charge in [-0.2, -0.15) is 13.2 Å². The van der Waals surface area contributed by atoms with Crippen molar-refractivity contribution in [1.29, 1.82) is 0 Å². The summed E-state index contributed by atoms with van der Waals surface area (Å²) in [5.74, 6) is -0.523. The molecular formula is C20H19BrF3N3O3. The number of hydrogen-bond acceptors (Lipinski definition) is 3. The molecule has 10 heteroatoms. The molecule has 0 radical (unpaired) electrons. The van der Waals surface area contributed by atoms with Gasteiger partial charge in [0.05, 0.1) is 17.0 Å². The van der Waals surface area contributed by atoms with Crippen LogP contribution in [0.4, 0.5) is 29.3 Å². The van der Waals surface area contributed by atoms with E-state index >= 15 is 0 Å². The number of carbonyl (C=O) groups excluding carboxylic acids is 2. The third-order valence-corrected chi connectivity index (χ3v) is 4.67. The number of amides is 2. The van der Waals surface area contributed by atoms with Crippen LogP contribution in [0.1, 0.15) is 43.3 Å². The van der Waals surface area contributed by atoms with Gasteiger partial charge in [-0.1, -0.05) is 15.9 Å². The zero-order valence-electron chi connectivity index (χ0n) is 16.5. The van der Waals surface area contributed by atoms with E-state index in [0.29, 0.717) is 15.7 Å². The lowest BCUT2D eigenvalue weighted by atomic mass is 10.0. The Labute approximate surface area is 179 Å². The molecule has 1 aliphatic heterocycles. The largest absolute Gasteiger partial charge is 0.444 e. The molecule has 0 spiro atoms. The van der Waals surface area contributed by atoms with Crippen LogP contribution < -0.4 is 10.6 Å². The summed E-state index contributed by atoms with van der Waals surface area (Å²) in [5.41, 5.74) is -1.64. The summed E-state index contributed by atoms with van der Waals surface area (Å²) in [6.45, 7) is 6.20. The van der Waals surface area contributed by atoms with Crippen LogP contribution in [0.25, 0.3) is 11.6 Å². The number of alkyl halides is 3. The molecule has 0 saturated heterocycles.